The molecule has 1 N–H and O–H groups in total. The molecule has 132 valence electrons. The van der Waals surface area contributed by atoms with Crippen molar-refractivity contribution in [1.29, 1.82) is 0 Å². The smallest absolute Gasteiger partial charge is 0.336 e. The summed E-state index contributed by atoms with van der Waals surface area (Å²) >= 11 is 0. The molecule has 7 nitrogen and oxygen atoms in total. The summed E-state index contributed by atoms with van der Waals surface area (Å²) in [7, 11) is 0. The van der Waals surface area contributed by atoms with E-state index in [2.05, 4.69) is 15.3 Å². The average Bonchev–Trinajstić information content (AvgIpc) is 2.98. The number of aryl methyl sites for hydroxylation is 3. The van der Waals surface area contributed by atoms with Crippen molar-refractivity contribution >= 4 is 17.6 Å². The predicted molar refractivity (Wildman–Crippen MR) is 95.9 cm³/mol. The van der Waals surface area contributed by atoms with Gasteiger partial charge >= 0.3 is 5.63 Å². The van der Waals surface area contributed by atoms with Gasteiger partial charge in [-0.05, 0) is 50.8 Å². The molecule has 0 atom stereocenters. The molecule has 0 aromatic carbocycles. The van der Waals surface area contributed by atoms with E-state index < -0.39 is 0 Å². The summed E-state index contributed by atoms with van der Waals surface area (Å²) in [5, 5.41) is 2.88. The number of carbonyl (C=O) groups excluding carboxylic acids is 1. The zero-order valence-corrected chi connectivity index (χ0v) is 14.8. The zero-order chi connectivity index (χ0) is 18.4. The maximum absolute atomic E-state index is 12.7. The summed E-state index contributed by atoms with van der Waals surface area (Å²) in [5.74, 6) is 0.186. The van der Waals surface area contributed by atoms with E-state index in [0.29, 0.717) is 29.9 Å². The van der Waals surface area contributed by atoms with Crippen LogP contribution in [-0.4, -0.2) is 20.3 Å². The minimum atomic E-state index is -0.389. The Morgan fingerprint density at radius 3 is 2.85 bits per heavy atom. The summed E-state index contributed by atoms with van der Waals surface area (Å²) in [6.45, 7) is 5.71. The molecule has 1 aliphatic rings. The maximum atomic E-state index is 12.7. The highest BCUT2D eigenvalue weighted by molar-refractivity contribution is 5.99. The van der Waals surface area contributed by atoms with E-state index in [4.69, 9.17) is 4.42 Å². The van der Waals surface area contributed by atoms with Crippen LogP contribution in [0.1, 0.15) is 45.2 Å². The molecule has 3 aromatic rings. The van der Waals surface area contributed by atoms with Crippen LogP contribution in [0, 0.1) is 20.8 Å². The third kappa shape index (κ3) is 2.71. The number of aromatic nitrogens is 3. The molecule has 0 aliphatic heterocycles. The number of hydrogen-bond donors (Lipinski definition) is 1. The molecule has 1 aliphatic carbocycles. The Balaban J connectivity index is 1.67. The molecule has 0 saturated carbocycles. The maximum Gasteiger partial charge on any atom is 0.336 e. The lowest BCUT2D eigenvalue weighted by Gasteiger charge is -2.17. The first-order valence-corrected chi connectivity index (χ1v) is 8.39. The van der Waals surface area contributed by atoms with Crippen molar-refractivity contribution in [1.82, 2.24) is 19.7 Å². The van der Waals surface area contributed by atoms with E-state index in [9.17, 15) is 9.59 Å². The van der Waals surface area contributed by atoms with Crippen molar-refractivity contribution in [2.24, 2.45) is 0 Å². The van der Waals surface area contributed by atoms with E-state index in [-0.39, 0.29) is 17.2 Å². The third-order valence-corrected chi connectivity index (χ3v) is 4.58. The molecule has 1 amide bonds. The summed E-state index contributed by atoms with van der Waals surface area (Å²) in [6.07, 6.45) is 4.67. The summed E-state index contributed by atoms with van der Waals surface area (Å²) in [6, 6.07) is 3.42. The van der Waals surface area contributed by atoms with Crippen LogP contribution in [0.3, 0.4) is 0 Å². The summed E-state index contributed by atoms with van der Waals surface area (Å²) in [5.41, 5.74) is 4.81. The van der Waals surface area contributed by atoms with Crippen LogP contribution in [0.2, 0.25) is 0 Å². The van der Waals surface area contributed by atoms with Crippen molar-refractivity contribution < 1.29 is 9.21 Å². The van der Waals surface area contributed by atoms with Gasteiger partial charge in [0, 0.05) is 29.2 Å². The normalized spacial score (nSPS) is 13.4. The first-order chi connectivity index (χ1) is 12.4. The molecule has 0 radical (unpaired) electrons. The van der Waals surface area contributed by atoms with Gasteiger partial charge in [0.1, 0.15) is 12.1 Å². The number of nitrogens with one attached hydrogen (secondary N) is 1. The van der Waals surface area contributed by atoms with Gasteiger partial charge in [0.15, 0.2) is 11.3 Å². The SMILES string of the molecule is Cc1cc(C)n2cnc(C(=O)NC3=Cc4oc(=O)cc(C)c4CC3)c2n1. The predicted octanol–water partition coefficient (Wildman–Crippen LogP) is 2.32. The van der Waals surface area contributed by atoms with Crippen molar-refractivity contribution in [3.63, 3.8) is 0 Å². The van der Waals surface area contributed by atoms with Gasteiger partial charge in [-0.3, -0.25) is 9.20 Å². The van der Waals surface area contributed by atoms with Gasteiger partial charge in [-0.2, -0.15) is 0 Å². The summed E-state index contributed by atoms with van der Waals surface area (Å²) in [4.78, 5) is 32.9. The summed E-state index contributed by atoms with van der Waals surface area (Å²) < 4.78 is 7.06. The first-order valence-electron chi connectivity index (χ1n) is 8.39. The zero-order valence-electron chi connectivity index (χ0n) is 14.8. The van der Waals surface area contributed by atoms with Crippen molar-refractivity contribution in [3.8, 4) is 0 Å². The monoisotopic (exact) mass is 350 g/mol. The Hall–Kier alpha value is -3.22. The van der Waals surface area contributed by atoms with Crippen LogP contribution in [-0.2, 0) is 6.42 Å². The number of hydrogen-bond acceptors (Lipinski definition) is 5. The second-order valence-corrected chi connectivity index (χ2v) is 6.54. The Bertz CT molecular complexity index is 1140. The molecular weight excluding hydrogens is 332 g/mol. The van der Waals surface area contributed by atoms with Gasteiger partial charge in [-0.1, -0.05) is 0 Å². The number of amides is 1. The van der Waals surface area contributed by atoms with Crippen molar-refractivity contribution in [2.45, 2.75) is 33.6 Å². The lowest BCUT2D eigenvalue weighted by Crippen LogP contribution is -2.25. The highest BCUT2D eigenvalue weighted by Crippen LogP contribution is 2.24. The van der Waals surface area contributed by atoms with Crippen LogP contribution >= 0.6 is 0 Å². The highest BCUT2D eigenvalue weighted by atomic mass is 16.4. The van der Waals surface area contributed by atoms with Gasteiger partial charge in [0.25, 0.3) is 5.91 Å². The van der Waals surface area contributed by atoms with Crippen LogP contribution in [0.4, 0.5) is 0 Å². The Kier molecular flexibility index (Phi) is 3.72. The minimum absolute atomic E-state index is 0.272. The van der Waals surface area contributed by atoms with Crippen LogP contribution in [0.5, 0.6) is 0 Å². The largest absolute Gasteiger partial charge is 0.423 e. The van der Waals surface area contributed by atoms with Crippen molar-refractivity contribution in [3.05, 3.63) is 68.5 Å². The minimum Gasteiger partial charge on any atom is -0.423 e. The highest BCUT2D eigenvalue weighted by Gasteiger charge is 2.20. The average molecular weight is 350 g/mol. The Morgan fingerprint density at radius 2 is 2.04 bits per heavy atom. The number of nitrogens with zero attached hydrogens (tertiary/aromatic N) is 3. The third-order valence-electron chi connectivity index (χ3n) is 4.58. The second kappa shape index (κ2) is 5.94. The molecule has 3 aromatic heterocycles. The molecule has 0 spiro atoms. The number of imidazole rings is 1. The second-order valence-electron chi connectivity index (χ2n) is 6.54. The molecule has 0 saturated heterocycles. The van der Waals surface area contributed by atoms with Crippen molar-refractivity contribution in [2.75, 3.05) is 0 Å². The Labute approximate surface area is 149 Å². The van der Waals surface area contributed by atoms with E-state index >= 15 is 0 Å². The molecule has 0 unspecified atom stereocenters. The van der Waals surface area contributed by atoms with E-state index in [0.717, 1.165) is 22.5 Å². The lowest BCUT2D eigenvalue weighted by molar-refractivity contribution is 0.0962. The van der Waals surface area contributed by atoms with E-state index in [1.165, 1.54) is 6.07 Å². The molecule has 7 heteroatoms. The van der Waals surface area contributed by atoms with E-state index in [1.807, 2.05) is 26.8 Å². The van der Waals surface area contributed by atoms with Gasteiger partial charge in [0.05, 0.1) is 0 Å². The molecule has 4 rings (SSSR count). The fourth-order valence-corrected chi connectivity index (χ4v) is 3.33. The van der Waals surface area contributed by atoms with Crippen LogP contribution in [0.15, 0.2) is 33.4 Å². The molecule has 26 heavy (non-hydrogen) atoms. The first kappa shape index (κ1) is 16.3. The fraction of sp³-hybridized carbons (Fsp3) is 0.263. The lowest BCUT2D eigenvalue weighted by atomic mass is 9.97. The fourth-order valence-electron chi connectivity index (χ4n) is 3.33. The molecular formula is C19H18N4O3. The molecule has 0 fully saturated rings. The molecule has 3 heterocycles. The number of allylic oxidation sites excluding steroid dienone is 1. The van der Waals surface area contributed by atoms with Gasteiger partial charge in [-0.25, -0.2) is 14.8 Å². The van der Waals surface area contributed by atoms with Gasteiger partial charge < -0.3 is 9.73 Å². The Morgan fingerprint density at radius 1 is 1.23 bits per heavy atom. The van der Waals surface area contributed by atoms with Gasteiger partial charge in [0.2, 0.25) is 0 Å². The molecule has 0 bridgehead atoms. The number of carbonyl (C=O) groups is 1. The standard InChI is InChI=1S/C19H18N4O3/c1-10-6-16(24)26-15-8-13(4-5-14(10)15)22-19(25)17-18-21-11(2)7-12(3)23(18)9-20-17/h6-9H,4-5H2,1-3H3,(H,22,25). The van der Waals surface area contributed by atoms with E-state index in [1.54, 1.807) is 16.8 Å². The topological polar surface area (TPSA) is 89.5 Å². The van der Waals surface area contributed by atoms with Gasteiger partial charge in [-0.15, -0.1) is 0 Å². The number of fused-ring (bicyclic) bond motifs is 2. The van der Waals surface area contributed by atoms with Crippen LogP contribution in [0.25, 0.3) is 11.7 Å². The number of rotatable bonds is 2. The quantitative estimate of drug-likeness (QED) is 0.766. The van der Waals surface area contributed by atoms with Crippen LogP contribution < -0.4 is 10.9 Å².